The van der Waals surface area contributed by atoms with Crippen molar-refractivity contribution in [1.29, 1.82) is 0 Å². The molecule has 3 nitrogen and oxygen atoms in total. The Hall–Kier alpha value is -1.59. The maximum Gasteiger partial charge on any atom is 0.178 e. The van der Waals surface area contributed by atoms with Crippen molar-refractivity contribution in [2.45, 2.75) is 11.8 Å². The Kier molecular flexibility index (Phi) is 4.30. The van der Waals surface area contributed by atoms with Crippen LogP contribution in [-0.4, -0.2) is 14.2 Å². The number of hydrogen-bond donors (Lipinski definition) is 0. The van der Waals surface area contributed by atoms with Gasteiger partial charge in [0.25, 0.3) is 0 Å². The van der Waals surface area contributed by atoms with Gasteiger partial charge in [-0.2, -0.15) is 0 Å². The lowest BCUT2D eigenvalue weighted by molar-refractivity contribution is 0.442. The van der Waals surface area contributed by atoms with Crippen molar-refractivity contribution in [2.24, 2.45) is 0 Å². The van der Waals surface area contributed by atoms with Gasteiger partial charge in [0.2, 0.25) is 0 Å². The van der Waals surface area contributed by atoms with Crippen LogP contribution in [0, 0.1) is 5.82 Å². The first kappa shape index (κ1) is 14.8. The van der Waals surface area contributed by atoms with Gasteiger partial charge in [-0.1, -0.05) is 30.7 Å². The van der Waals surface area contributed by atoms with E-state index in [1.165, 1.54) is 30.3 Å². The Labute approximate surface area is 121 Å². The van der Waals surface area contributed by atoms with Crippen molar-refractivity contribution < 1.29 is 17.5 Å². The van der Waals surface area contributed by atoms with Gasteiger partial charge in [-0.25, -0.2) is 12.8 Å². The first-order valence-corrected chi connectivity index (χ1v) is 7.92. The predicted octanol–water partition coefficient (Wildman–Crippen LogP) is 4.07. The molecule has 0 radical (unpaired) electrons. The quantitative estimate of drug-likeness (QED) is 0.854. The van der Waals surface area contributed by atoms with Crippen LogP contribution in [0.4, 0.5) is 4.39 Å². The van der Waals surface area contributed by atoms with Gasteiger partial charge in [0, 0.05) is 0 Å². The number of halogens is 2. The number of para-hydroxylation sites is 1. The fraction of sp³-hybridized carbons (Fsp3) is 0.143. The topological polar surface area (TPSA) is 43.4 Å². The molecule has 0 saturated carbocycles. The van der Waals surface area contributed by atoms with E-state index in [9.17, 15) is 12.8 Å². The minimum absolute atomic E-state index is 0.0170. The average molecular weight is 315 g/mol. The molecule has 20 heavy (non-hydrogen) atoms. The third kappa shape index (κ3) is 3.11. The summed E-state index contributed by atoms with van der Waals surface area (Å²) in [6.07, 6.45) is 0. The first-order chi connectivity index (χ1) is 9.44. The van der Waals surface area contributed by atoms with E-state index in [1.807, 2.05) is 0 Å². The second-order valence-electron chi connectivity index (χ2n) is 4.03. The highest BCUT2D eigenvalue weighted by atomic mass is 35.5. The molecule has 0 heterocycles. The molecule has 0 N–H and O–H groups in total. The molecule has 0 aromatic heterocycles. The molecule has 0 aliphatic heterocycles. The van der Waals surface area contributed by atoms with E-state index in [-0.39, 0.29) is 27.2 Å². The predicted molar refractivity (Wildman–Crippen MR) is 75.7 cm³/mol. The molecule has 0 bridgehead atoms. The van der Waals surface area contributed by atoms with Crippen LogP contribution in [0.5, 0.6) is 11.5 Å². The Morgan fingerprint density at radius 2 is 1.85 bits per heavy atom. The summed E-state index contributed by atoms with van der Waals surface area (Å²) in [5, 5.41) is 0.114. The van der Waals surface area contributed by atoms with E-state index in [0.29, 0.717) is 0 Å². The lowest BCUT2D eigenvalue weighted by Crippen LogP contribution is -2.03. The normalized spacial score (nSPS) is 11.3. The molecular weight excluding hydrogens is 303 g/mol. The SMILES string of the molecule is CCS(=O)(=O)c1ccc(Oc2ccccc2F)c(Cl)c1. The van der Waals surface area contributed by atoms with E-state index in [4.69, 9.17) is 16.3 Å². The van der Waals surface area contributed by atoms with Crippen molar-refractivity contribution >= 4 is 21.4 Å². The molecule has 2 aromatic rings. The van der Waals surface area contributed by atoms with E-state index >= 15 is 0 Å². The summed E-state index contributed by atoms with van der Waals surface area (Å²) in [5.41, 5.74) is 0. The number of benzene rings is 2. The maximum absolute atomic E-state index is 13.5. The second-order valence-corrected chi connectivity index (χ2v) is 6.71. The lowest BCUT2D eigenvalue weighted by Gasteiger charge is -2.09. The molecule has 0 aliphatic rings. The van der Waals surface area contributed by atoms with Crippen molar-refractivity contribution in [3.05, 3.63) is 53.3 Å². The minimum atomic E-state index is -3.33. The van der Waals surface area contributed by atoms with Gasteiger partial charge in [0.15, 0.2) is 21.4 Å². The van der Waals surface area contributed by atoms with Crippen molar-refractivity contribution in [3.63, 3.8) is 0 Å². The van der Waals surface area contributed by atoms with Crippen LogP contribution in [0.2, 0.25) is 5.02 Å². The van der Waals surface area contributed by atoms with Gasteiger partial charge in [-0.05, 0) is 30.3 Å². The zero-order valence-corrected chi connectivity index (χ0v) is 12.2. The molecule has 2 rings (SSSR count). The van der Waals surface area contributed by atoms with Crippen LogP contribution in [0.1, 0.15) is 6.92 Å². The van der Waals surface area contributed by atoms with Crippen molar-refractivity contribution in [2.75, 3.05) is 5.75 Å². The zero-order valence-electron chi connectivity index (χ0n) is 10.6. The molecule has 0 saturated heterocycles. The number of ether oxygens (including phenoxy) is 1. The van der Waals surface area contributed by atoms with E-state index in [1.54, 1.807) is 19.1 Å². The molecule has 0 spiro atoms. The van der Waals surface area contributed by atoms with Gasteiger partial charge in [-0.3, -0.25) is 0 Å². The molecule has 0 fully saturated rings. The van der Waals surface area contributed by atoms with Crippen LogP contribution < -0.4 is 4.74 Å². The highest BCUT2D eigenvalue weighted by molar-refractivity contribution is 7.91. The molecule has 0 unspecified atom stereocenters. The highest BCUT2D eigenvalue weighted by Gasteiger charge is 2.15. The molecule has 0 amide bonds. The van der Waals surface area contributed by atoms with Crippen LogP contribution in [0.3, 0.4) is 0 Å². The summed E-state index contributed by atoms with van der Waals surface area (Å²) in [6, 6.07) is 10.00. The highest BCUT2D eigenvalue weighted by Crippen LogP contribution is 2.32. The Balaban J connectivity index is 2.34. The Bertz CT molecular complexity index is 729. The van der Waals surface area contributed by atoms with E-state index < -0.39 is 15.7 Å². The van der Waals surface area contributed by atoms with Gasteiger partial charge in [-0.15, -0.1) is 0 Å². The minimum Gasteiger partial charge on any atom is -0.453 e. The molecule has 0 aliphatic carbocycles. The smallest absolute Gasteiger partial charge is 0.178 e. The van der Waals surface area contributed by atoms with Crippen LogP contribution in [0.25, 0.3) is 0 Å². The largest absolute Gasteiger partial charge is 0.453 e. The number of sulfone groups is 1. The summed E-state index contributed by atoms with van der Waals surface area (Å²) in [6.45, 7) is 1.55. The Morgan fingerprint density at radius 3 is 2.45 bits per heavy atom. The third-order valence-electron chi connectivity index (χ3n) is 2.70. The number of hydrogen-bond acceptors (Lipinski definition) is 3. The standard InChI is InChI=1S/C14H12ClFO3S/c1-2-20(17,18)10-7-8-13(11(15)9-10)19-14-6-4-3-5-12(14)16/h3-9H,2H2,1H3. The number of rotatable bonds is 4. The second kappa shape index (κ2) is 5.81. The van der Waals surface area contributed by atoms with Gasteiger partial charge >= 0.3 is 0 Å². The van der Waals surface area contributed by atoms with Gasteiger partial charge < -0.3 is 4.74 Å². The molecule has 0 atom stereocenters. The summed E-state index contributed by atoms with van der Waals surface area (Å²) < 4.78 is 42.2. The molecule has 6 heteroatoms. The molecular formula is C14H12ClFO3S. The summed E-state index contributed by atoms with van der Waals surface area (Å²) in [7, 11) is -3.33. The fourth-order valence-electron chi connectivity index (χ4n) is 1.57. The van der Waals surface area contributed by atoms with E-state index in [2.05, 4.69) is 0 Å². The van der Waals surface area contributed by atoms with Crippen LogP contribution in [-0.2, 0) is 9.84 Å². The molecule has 2 aromatic carbocycles. The van der Waals surface area contributed by atoms with Crippen molar-refractivity contribution in [3.8, 4) is 11.5 Å². The Morgan fingerprint density at radius 1 is 1.15 bits per heavy atom. The molecule has 106 valence electrons. The summed E-state index contributed by atoms with van der Waals surface area (Å²) >= 11 is 5.98. The van der Waals surface area contributed by atoms with Gasteiger partial charge in [0.1, 0.15) is 5.75 Å². The lowest BCUT2D eigenvalue weighted by atomic mass is 10.3. The van der Waals surface area contributed by atoms with Gasteiger partial charge in [0.05, 0.1) is 15.7 Å². The summed E-state index contributed by atoms with van der Waals surface area (Å²) in [4.78, 5) is 0.117. The first-order valence-electron chi connectivity index (χ1n) is 5.88. The average Bonchev–Trinajstić information content (AvgIpc) is 2.43. The fourth-order valence-corrected chi connectivity index (χ4v) is 2.76. The third-order valence-corrected chi connectivity index (χ3v) is 4.73. The zero-order chi connectivity index (χ0) is 14.8. The summed E-state index contributed by atoms with van der Waals surface area (Å²) in [5.74, 6) is -0.308. The monoisotopic (exact) mass is 314 g/mol. The van der Waals surface area contributed by atoms with E-state index in [0.717, 1.165) is 0 Å². The van der Waals surface area contributed by atoms with Crippen LogP contribution in [0.15, 0.2) is 47.4 Å². The van der Waals surface area contributed by atoms with Crippen molar-refractivity contribution in [1.82, 2.24) is 0 Å². The van der Waals surface area contributed by atoms with Crippen LogP contribution >= 0.6 is 11.6 Å². The maximum atomic E-state index is 13.5.